The number of aliphatic hydroxyl groups is 1. The van der Waals surface area contributed by atoms with Crippen molar-refractivity contribution in [2.24, 2.45) is 22.7 Å². The van der Waals surface area contributed by atoms with Gasteiger partial charge in [-0.3, -0.25) is 9.59 Å². The second-order valence-electron chi connectivity index (χ2n) is 18.2. The first kappa shape index (κ1) is 49.8. The van der Waals surface area contributed by atoms with Crippen molar-refractivity contribution in [1.29, 1.82) is 0 Å². The highest BCUT2D eigenvalue weighted by Gasteiger charge is 2.31. The number of thiazole rings is 2. The Bertz CT molecular complexity index is 1870. The molecule has 0 aliphatic heterocycles. The van der Waals surface area contributed by atoms with Gasteiger partial charge in [-0.25, -0.2) is 9.97 Å². The normalized spacial score (nSPS) is 19.1. The lowest BCUT2D eigenvalue weighted by Crippen LogP contribution is -2.30. The van der Waals surface area contributed by atoms with Gasteiger partial charge in [0, 0.05) is 48.1 Å². The van der Waals surface area contributed by atoms with Gasteiger partial charge in [-0.15, -0.1) is 22.7 Å². The van der Waals surface area contributed by atoms with Gasteiger partial charge in [0.2, 0.25) is 0 Å². The number of aliphatic hydroxyl groups excluding tert-OH is 1. The average Bonchev–Trinajstić information content (AvgIpc) is 3.90. The van der Waals surface area contributed by atoms with Crippen molar-refractivity contribution in [1.82, 2.24) is 20.6 Å². The molecule has 2 aliphatic carbocycles. The number of nitrogens with zero attached hydrogens (tertiary/aromatic N) is 2. The summed E-state index contributed by atoms with van der Waals surface area (Å²) in [4.78, 5) is 30.9. The minimum Gasteiger partial charge on any atom is -0.508 e. The molecular formula is C48H70N4O7S2. The number of carbonyl (C=O) groups excluding carboxylic acids is 1. The van der Waals surface area contributed by atoms with Crippen LogP contribution in [0.1, 0.15) is 123 Å². The molecule has 0 saturated heterocycles. The van der Waals surface area contributed by atoms with E-state index >= 15 is 0 Å². The molecule has 0 amide bonds. The number of aromatic nitrogens is 2. The Morgan fingerprint density at radius 1 is 0.705 bits per heavy atom. The number of aliphatic carboxylic acids is 1. The topological polar surface area (TPSA) is 163 Å². The van der Waals surface area contributed by atoms with Crippen LogP contribution in [0, 0.1) is 22.7 Å². The van der Waals surface area contributed by atoms with Crippen molar-refractivity contribution >= 4 is 34.6 Å². The Morgan fingerprint density at radius 3 is 1.62 bits per heavy atom. The van der Waals surface area contributed by atoms with E-state index in [0.717, 1.165) is 75.8 Å². The van der Waals surface area contributed by atoms with Crippen LogP contribution in [0.25, 0.3) is 22.5 Å². The van der Waals surface area contributed by atoms with Crippen LogP contribution in [0.15, 0.2) is 59.3 Å². The van der Waals surface area contributed by atoms with Gasteiger partial charge in [0.15, 0.2) is 0 Å². The van der Waals surface area contributed by atoms with Gasteiger partial charge in [0.25, 0.3) is 0 Å². The van der Waals surface area contributed by atoms with Crippen LogP contribution in [0.2, 0.25) is 0 Å². The van der Waals surface area contributed by atoms with Gasteiger partial charge in [-0.1, -0.05) is 41.5 Å². The maximum absolute atomic E-state index is 11.2. The molecule has 0 unspecified atom stereocenters. The van der Waals surface area contributed by atoms with E-state index in [1.54, 1.807) is 41.7 Å². The summed E-state index contributed by atoms with van der Waals surface area (Å²) < 4.78 is 11.1. The zero-order chi connectivity index (χ0) is 44.4. The van der Waals surface area contributed by atoms with Gasteiger partial charge in [0.05, 0.1) is 43.0 Å². The number of aromatic hydroxyl groups is 1. The molecule has 0 radical (unpaired) electrons. The number of carboxylic acid groups (broad SMARTS) is 1. The Hall–Kier alpha value is -3.88. The number of rotatable bonds is 15. The van der Waals surface area contributed by atoms with E-state index in [4.69, 9.17) is 14.6 Å². The van der Waals surface area contributed by atoms with Gasteiger partial charge in [-0.05, 0) is 129 Å². The number of esters is 1. The predicted octanol–water partition coefficient (Wildman–Crippen LogP) is 10.5. The average molecular weight is 879 g/mol. The molecule has 2 aliphatic rings. The lowest BCUT2D eigenvalue weighted by atomic mass is 9.72. The maximum Gasteiger partial charge on any atom is 0.307 e. The molecule has 4 aromatic rings. The predicted molar refractivity (Wildman–Crippen MR) is 247 cm³/mol. The molecule has 2 heterocycles. The second-order valence-corrected chi connectivity index (χ2v) is 20.1. The Balaban J connectivity index is 0.000000223. The molecule has 0 bridgehead atoms. The summed E-state index contributed by atoms with van der Waals surface area (Å²) in [6.07, 6.45) is 10.0. The van der Waals surface area contributed by atoms with Crippen molar-refractivity contribution in [3.63, 3.8) is 0 Å². The fourth-order valence-corrected chi connectivity index (χ4v) is 9.12. The van der Waals surface area contributed by atoms with E-state index in [1.807, 2.05) is 35.0 Å². The standard InChI is InChI=1S/C23H32N2O3S.C15H18N2O3S.C10H20O/c1-23(2,3)17-6-10-19(11-7-17)28-18-8-4-16(5-9-18)20-15-29-21(25-20)14-24-13-12-22(26)27;1-2-20-15(19)7-8-16-9-14-17-13(10-21-14)11-3-5-12(18)6-4-11;1-10(2,3)8-4-6-9(11)7-5-8/h4-5,8-9,15,17,19,24H,6-7,10-14H2,1-3H3,(H,26,27);3-6,10,16,18H,2,7-9H2,1H3;8-9,11H,4-7H2,1-3H3. The lowest BCUT2D eigenvalue weighted by molar-refractivity contribution is -0.143. The number of ether oxygens (including phenoxy) is 2. The highest BCUT2D eigenvalue weighted by Crippen LogP contribution is 2.39. The van der Waals surface area contributed by atoms with E-state index in [2.05, 4.69) is 74.3 Å². The zero-order valence-corrected chi connectivity index (χ0v) is 39.0. The van der Waals surface area contributed by atoms with Crippen molar-refractivity contribution in [3.05, 3.63) is 69.3 Å². The molecule has 2 saturated carbocycles. The Kier molecular flexibility index (Phi) is 20.1. The molecule has 5 N–H and O–H groups in total. The Morgan fingerprint density at radius 2 is 1.16 bits per heavy atom. The molecule has 2 fully saturated rings. The zero-order valence-electron chi connectivity index (χ0n) is 37.4. The molecule has 336 valence electrons. The number of nitrogens with one attached hydrogen (secondary N) is 2. The molecule has 6 rings (SSSR count). The SMILES string of the molecule is CC(C)(C)C1CCC(O)CC1.CC(C)(C)C1CCC(Oc2ccc(-c3csc(CNCCC(=O)O)n3)cc2)CC1.CCOC(=O)CCNCc1nc(-c2ccc(O)cc2)cs1. The number of carbonyl (C=O) groups is 2. The summed E-state index contributed by atoms with van der Waals surface area (Å²) in [6, 6.07) is 15.2. The number of hydrogen-bond donors (Lipinski definition) is 5. The van der Waals surface area contributed by atoms with E-state index in [9.17, 15) is 19.8 Å². The summed E-state index contributed by atoms with van der Waals surface area (Å²) in [5, 5.41) is 39.5. The van der Waals surface area contributed by atoms with Gasteiger partial charge in [0.1, 0.15) is 21.5 Å². The first-order valence-electron chi connectivity index (χ1n) is 21.9. The number of carboxylic acids is 1. The van der Waals surface area contributed by atoms with Crippen LogP contribution in [0.4, 0.5) is 0 Å². The molecule has 13 heteroatoms. The third-order valence-electron chi connectivity index (χ3n) is 11.4. The van der Waals surface area contributed by atoms with Crippen molar-refractivity contribution < 1.29 is 34.4 Å². The largest absolute Gasteiger partial charge is 0.508 e. The highest BCUT2D eigenvalue weighted by atomic mass is 32.1. The first-order chi connectivity index (χ1) is 29.0. The second kappa shape index (κ2) is 24.7. The van der Waals surface area contributed by atoms with E-state index in [1.165, 1.54) is 25.7 Å². The molecule has 0 atom stereocenters. The minimum absolute atomic E-state index is 0.00593. The van der Waals surface area contributed by atoms with Crippen LogP contribution in [0.5, 0.6) is 11.5 Å². The first-order valence-corrected chi connectivity index (χ1v) is 23.7. The van der Waals surface area contributed by atoms with E-state index in [-0.39, 0.29) is 24.2 Å². The van der Waals surface area contributed by atoms with Gasteiger partial charge < -0.3 is 35.4 Å². The van der Waals surface area contributed by atoms with E-state index in [0.29, 0.717) is 56.1 Å². The number of phenolic OH excluding ortho intramolecular Hbond substituents is 1. The number of benzene rings is 2. The fourth-order valence-electron chi connectivity index (χ4n) is 7.58. The molecule has 61 heavy (non-hydrogen) atoms. The minimum atomic E-state index is -0.790. The van der Waals surface area contributed by atoms with Crippen molar-refractivity contribution in [3.8, 4) is 34.0 Å². The molecule has 2 aromatic heterocycles. The third kappa shape index (κ3) is 18.2. The van der Waals surface area contributed by atoms with Crippen LogP contribution in [0.3, 0.4) is 0 Å². The summed E-state index contributed by atoms with van der Waals surface area (Å²) in [5.41, 5.74) is 4.72. The monoisotopic (exact) mass is 878 g/mol. The molecule has 2 aromatic carbocycles. The van der Waals surface area contributed by atoms with Crippen LogP contribution in [-0.4, -0.2) is 69.1 Å². The quantitative estimate of drug-likeness (QED) is 0.0570. The number of hydrogen-bond acceptors (Lipinski definition) is 12. The smallest absolute Gasteiger partial charge is 0.307 e. The van der Waals surface area contributed by atoms with E-state index < -0.39 is 5.97 Å². The van der Waals surface area contributed by atoms with Crippen LogP contribution < -0.4 is 15.4 Å². The summed E-state index contributed by atoms with van der Waals surface area (Å²) in [5.74, 6) is 1.82. The lowest BCUT2D eigenvalue weighted by Gasteiger charge is -2.36. The van der Waals surface area contributed by atoms with Gasteiger partial charge >= 0.3 is 11.9 Å². The fraction of sp³-hybridized carbons (Fsp3) is 0.583. The van der Waals surface area contributed by atoms with Crippen molar-refractivity contribution in [2.75, 3.05) is 19.7 Å². The van der Waals surface area contributed by atoms with Crippen LogP contribution >= 0.6 is 22.7 Å². The number of phenols is 1. The maximum atomic E-state index is 11.2. The molecular weight excluding hydrogens is 809 g/mol. The van der Waals surface area contributed by atoms with Crippen LogP contribution in [-0.2, 0) is 27.4 Å². The molecule has 11 nitrogen and oxygen atoms in total. The summed E-state index contributed by atoms with van der Waals surface area (Å²) >= 11 is 3.15. The van der Waals surface area contributed by atoms with Gasteiger partial charge in [-0.2, -0.15) is 0 Å². The van der Waals surface area contributed by atoms with Crippen molar-refractivity contribution in [2.45, 2.75) is 138 Å². The summed E-state index contributed by atoms with van der Waals surface area (Å²) in [6.45, 7) is 18.4. The molecule has 0 spiro atoms. The Labute approximate surface area is 371 Å². The third-order valence-corrected chi connectivity index (χ3v) is 13.1. The summed E-state index contributed by atoms with van der Waals surface area (Å²) in [7, 11) is 0. The highest BCUT2D eigenvalue weighted by molar-refractivity contribution is 7.10.